The van der Waals surface area contributed by atoms with Crippen LogP contribution in [-0.4, -0.2) is 22.6 Å². The van der Waals surface area contributed by atoms with Crippen LogP contribution in [0.25, 0.3) is 16.6 Å². The number of nitrogens with one attached hydrogen (secondary N) is 2. The van der Waals surface area contributed by atoms with Gasteiger partial charge in [-0.1, -0.05) is 29.8 Å². The van der Waals surface area contributed by atoms with Crippen LogP contribution in [0.5, 0.6) is 5.75 Å². The summed E-state index contributed by atoms with van der Waals surface area (Å²) in [5, 5.41) is 3.04. The van der Waals surface area contributed by atoms with E-state index in [9.17, 15) is 14.0 Å². The summed E-state index contributed by atoms with van der Waals surface area (Å²) < 4.78 is 20.1. The molecule has 0 atom stereocenters. The molecule has 0 bridgehead atoms. The maximum Gasteiger partial charge on any atom is 0.266 e. The molecule has 0 aliphatic carbocycles. The number of rotatable bonds is 5. The van der Waals surface area contributed by atoms with Gasteiger partial charge in [0, 0.05) is 17.7 Å². The standard InChI is InChI=1S/C23H17ClFN3O3S/c1-31-20-5-3-2-4-14(20)12-26-21(29)13-6-8-16-19(10-13)27-23(32)28(22(16)30)15-7-9-18(25)17(24)11-15/h2-11H,12H2,1H3,(H,26,29)(H,27,32). The van der Waals surface area contributed by atoms with E-state index in [1.807, 2.05) is 24.3 Å². The molecule has 1 amide bonds. The van der Waals surface area contributed by atoms with Gasteiger partial charge in [0.1, 0.15) is 11.6 Å². The third kappa shape index (κ3) is 4.15. The SMILES string of the molecule is COc1ccccc1CNC(=O)c1ccc2c(=O)n(-c3ccc(F)c(Cl)c3)c(=S)[nH]c2c1. The maximum absolute atomic E-state index is 13.5. The molecule has 0 aliphatic heterocycles. The first-order valence-electron chi connectivity index (χ1n) is 9.53. The summed E-state index contributed by atoms with van der Waals surface area (Å²) in [5.41, 5.74) is 1.54. The number of para-hydroxylation sites is 1. The molecule has 6 nitrogen and oxygen atoms in total. The van der Waals surface area contributed by atoms with Crippen LogP contribution in [0.2, 0.25) is 5.02 Å². The van der Waals surface area contributed by atoms with Crippen LogP contribution in [0.4, 0.5) is 4.39 Å². The van der Waals surface area contributed by atoms with Crippen molar-refractivity contribution in [3.05, 3.63) is 97.8 Å². The van der Waals surface area contributed by atoms with Crippen molar-refractivity contribution in [2.24, 2.45) is 0 Å². The molecule has 0 saturated heterocycles. The van der Waals surface area contributed by atoms with Gasteiger partial charge in [-0.3, -0.25) is 14.2 Å². The fraction of sp³-hybridized carbons (Fsp3) is 0.0870. The highest BCUT2D eigenvalue weighted by molar-refractivity contribution is 7.71. The highest BCUT2D eigenvalue weighted by Gasteiger charge is 2.13. The lowest BCUT2D eigenvalue weighted by Gasteiger charge is -2.11. The van der Waals surface area contributed by atoms with E-state index >= 15 is 0 Å². The Balaban J connectivity index is 1.66. The minimum Gasteiger partial charge on any atom is -0.496 e. The number of methoxy groups -OCH3 is 1. The molecule has 32 heavy (non-hydrogen) atoms. The van der Waals surface area contributed by atoms with Crippen LogP contribution < -0.4 is 15.6 Å². The van der Waals surface area contributed by atoms with Crippen LogP contribution in [0.1, 0.15) is 15.9 Å². The Hall–Kier alpha value is -3.49. The first-order valence-corrected chi connectivity index (χ1v) is 10.3. The summed E-state index contributed by atoms with van der Waals surface area (Å²) in [6.07, 6.45) is 0. The molecule has 1 aromatic heterocycles. The maximum atomic E-state index is 13.5. The number of carbonyl (C=O) groups excluding carboxylic acids is 1. The Morgan fingerprint density at radius 3 is 2.72 bits per heavy atom. The second-order valence-corrected chi connectivity index (χ2v) is 7.72. The molecule has 0 unspecified atom stereocenters. The van der Waals surface area contributed by atoms with Gasteiger partial charge in [0.15, 0.2) is 4.77 Å². The van der Waals surface area contributed by atoms with Gasteiger partial charge in [-0.25, -0.2) is 4.39 Å². The summed E-state index contributed by atoms with van der Waals surface area (Å²) in [4.78, 5) is 28.7. The minimum absolute atomic E-state index is 0.0942. The summed E-state index contributed by atoms with van der Waals surface area (Å²) in [5.74, 6) is -0.230. The normalized spacial score (nSPS) is 10.8. The fourth-order valence-electron chi connectivity index (χ4n) is 3.34. The number of aromatic nitrogens is 2. The van der Waals surface area contributed by atoms with Gasteiger partial charge in [0.2, 0.25) is 0 Å². The Morgan fingerprint density at radius 1 is 1.19 bits per heavy atom. The number of carbonyl (C=O) groups is 1. The first kappa shape index (κ1) is 21.7. The summed E-state index contributed by atoms with van der Waals surface area (Å²) >= 11 is 11.2. The third-order valence-corrected chi connectivity index (χ3v) is 5.53. The van der Waals surface area contributed by atoms with Crippen molar-refractivity contribution in [1.29, 1.82) is 0 Å². The van der Waals surface area contributed by atoms with Gasteiger partial charge in [-0.05, 0) is 54.7 Å². The molecule has 4 rings (SSSR count). The molecule has 1 heterocycles. The van der Waals surface area contributed by atoms with Crippen molar-refractivity contribution in [1.82, 2.24) is 14.9 Å². The monoisotopic (exact) mass is 469 g/mol. The lowest BCUT2D eigenvalue weighted by Crippen LogP contribution is -2.24. The van der Waals surface area contributed by atoms with E-state index in [2.05, 4.69) is 10.3 Å². The zero-order chi connectivity index (χ0) is 22.8. The largest absolute Gasteiger partial charge is 0.496 e. The molecule has 0 saturated carbocycles. The summed E-state index contributed by atoms with van der Waals surface area (Å²) in [6.45, 7) is 0.282. The average Bonchev–Trinajstić information content (AvgIpc) is 2.79. The lowest BCUT2D eigenvalue weighted by molar-refractivity contribution is 0.0951. The number of benzene rings is 3. The van der Waals surface area contributed by atoms with Crippen molar-refractivity contribution in [3.63, 3.8) is 0 Å². The third-order valence-electron chi connectivity index (χ3n) is 4.95. The van der Waals surface area contributed by atoms with Gasteiger partial charge in [0.05, 0.1) is 28.7 Å². The Labute approximate surface area is 192 Å². The van der Waals surface area contributed by atoms with E-state index in [0.717, 1.165) is 11.6 Å². The second-order valence-electron chi connectivity index (χ2n) is 6.92. The first-order chi connectivity index (χ1) is 15.4. The zero-order valence-electron chi connectivity index (χ0n) is 16.8. The number of ether oxygens (including phenoxy) is 1. The molecule has 0 fully saturated rings. The van der Waals surface area contributed by atoms with E-state index in [0.29, 0.717) is 27.9 Å². The Kier molecular flexibility index (Phi) is 6.07. The van der Waals surface area contributed by atoms with Crippen molar-refractivity contribution in [2.45, 2.75) is 6.54 Å². The number of fused-ring (bicyclic) bond motifs is 1. The Bertz CT molecular complexity index is 1470. The highest BCUT2D eigenvalue weighted by Crippen LogP contribution is 2.20. The van der Waals surface area contributed by atoms with Crippen LogP contribution in [0, 0.1) is 10.6 Å². The summed E-state index contributed by atoms with van der Waals surface area (Å²) in [7, 11) is 1.57. The zero-order valence-corrected chi connectivity index (χ0v) is 18.4. The predicted octanol–water partition coefficient (Wildman–Crippen LogP) is 4.78. The van der Waals surface area contributed by atoms with Gasteiger partial charge in [0.25, 0.3) is 11.5 Å². The number of hydrogen-bond acceptors (Lipinski definition) is 4. The quantitative estimate of drug-likeness (QED) is 0.412. The number of halogens is 2. The fourth-order valence-corrected chi connectivity index (χ4v) is 3.82. The molecule has 2 N–H and O–H groups in total. The molecular formula is C23H17ClFN3O3S. The molecule has 0 spiro atoms. The van der Waals surface area contributed by atoms with Gasteiger partial charge in [-0.2, -0.15) is 0 Å². The van der Waals surface area contributed by atoms with E-state index in [1.165, 1.54) is 16.7 Å². The van der Waals surface area contributed by atoms with E-state index in [4.69, 9.17) is 28.6 Å². The Morgan fingerprint density at radius 2 is 1.97 bits per heavy atom. The molecular weight excluding hydrogens is 453 g/mol. The van der Waals surface area contributed by atoms with Crippen LogP contribution in [-0.2, 0) is 6.54 Å². The van der Waals surface area contributed by atoms with Crippen molar-refractivity contribution in [2.75, 3.05) is 7.11 Å². The van der Waals surface area contributed by atoms with Crippen LogP contribution in [0.3, 0.4) is 0 Å². The topological polar surface area (TPSA) is 76.1 Å². The average molecular weight is 470 g/mol. The summed E-state index contributed by atoms with van der Waals surface area (Å²) in [6, 6.07) is 16.0. The number of H-pyrrole nitrogens is 1. The molecule has 9 heteroatoms. The minimum atomic E-state index is -0.595. The number of hydrogen-bond donors (Lipinski definition) is 2. The highest BCUT2D eigenvalue weighted by atomic mass is 35.5. The van der Waals surface area contributed by atoms with Crippen LogP contribution >= 0.6 is 23.8 Å². The van der Waals surface area contributed by atoms with Crippen molar-refractivity contribution in [3.8, 4) is 11.4 Å². The molecule has 162 valence electrons. The van der Waals surface area contributed by atoms with E-state index in [-0.39, 0.29) is 22.2 Å². The smallest absolute Gasteiger partial charge is 0.266 e. The molecule has 0 aliphatic rings. The number of aromatic amines is 1. The van der Waals surface area contributed by atoms with Crippen molar-refractivity contribution >= 4 is 40.6 Å². The van der Waals surface area contributed by atoms with Gasteiger partial charge in [-0.15, -0.1) is 0 Å². The number of nitrogens with zero attached hydrogens (tertiary/aromatic N) is 1. The van der Waals surface area contributed by atoms with E-state index in [1.54, 1.807) is 25.3 Å². The number of amides is 1. The molecule has 0 radical (unpaired) electrons. The molecule has 4 aromatic rings. The second kappa shape index (κ2) is 8.94. The predicted molar refractivity (Wildman–Crippen MR) is 124 cm³/mol. The molecule has 3 aromatic carbocycles. The van der Waals surface area contributed by atoms with Gasteiger partial charge >= 0.3 is 0 Å². The van der Waals surface area contributed by atoms with Crippen LogP contribution in [0.15, 0.2) is 65.5 Å². The lowest BCUT2D eigenvalue weighted by atomic mass is 10.1. The van der Waals surface area contributed by atoms with E-state index < -0.39 is 11.4 Å². The van der Waals surface area contributed by atoms with Gasteiger partial charge < -0.3 is 15.0 Å². The van der Waals surface area contributed by atoms with Crippen molar-refractivity contribution < 1.29 is 13.9 Å².